The summed E-state index contributed by atoms with van der Waals surface area (Å²) in [6.07, 6.45) is 1.07. The minimum atomic E-state index is -1.05. The molecule has 2 aromatic carbocycles. The third kappa shape index (κ3) is 4.23. The van der Waals surface area contributed by atoms with Crippen molar-refractivity contribution < 1.29 is 23.9 Å². The van der Waals surface area contributed by atoms with Gasteiger partial charge >= 0.3 is 6.03 Å². The van der Waals surface area contributed by atoms with Gasteiger partial charge in [0.1, 0.15) is 17.0 Å². The molecule has 1 saturated heterocycles. The molecule has 1 aliphatic heterocycles. The Bertz CT molecular complexity index is 928. The van der Waals surface area contributed by atoms with Crippen molar-refractivity contribution in [1.29, 1.82) is 0 Å². The fraction of sp³-hybridized carbons (Fsp3) is 0.318. The van der Waals surface area contributed by atoms with Gasteiger partial charge < -0.3 is 14.8 Å². The van der Waals surface area contributed by atoms with Crippen LogP contribution >= 0.6 is 0 Å². The Hall–Kier alpha value is -3.35. The minimum absolute atomic E-state index is 0.255. The summed E-state index contributed by atoms with van der Waals surface area (Å²) >= 11 is 0. The monoisotopic (exact) mass is 396 g/mol. The van der Waals surface area contributed by atoms with E-state index in [2.05, 4.69) is 5.32 Å². The van der Waals surface area contributed by atoms with Crippen LogP contribution in [-0.4, -0.2) is 48.9 Å². The summed E-state index contributed by atoms with van der Waals surface area (Å²) in [5.74, 6) is 0.0268. The third-order valence-electron chi connectivity index (χ3n) is 5.11. The predicted molar refractivity (Wildman–Crippen MR) is 107 cm³/mol. The molecule has 0 aromatic heterocycles. The molecule has 29 heavy (non-hydrogen) atoms. The molecule has 0 saturated carbocycles. The van der Waals surface area contributed by atoms with E-state index in [-0.39, 0.29) is 12.1 Å². The third-order valence-corrected chi connectivity index (χ3v) is 5.11. The van der Waals surface area contributed by atoms with Gasteiger partial charge in [0.25, 0.3) is 5.91 Å². The Kier molecular flexibility index (Phi) is 5.87. The van der Waals surface area contributed by atoms with Crippen LogP contribution in [-0.2, 0) is 11.2 Å². The molecule has 1 aliphatic rings. The molecule has 0 aliphatic carbocycles. The molecule has 7 heteroatoms. The van der Waals surface area contributed by atoms with Gasteiger partial charge in [-0.05, 0) is 43.5 Å². The van der Waals surface area contributed by atoms with Gasteiger partial charge in [-0.1, -0.05) is 30.3 Å². The van der Waals surface area contributed by atoms with E-state index < -0.39 is 23.3 Å². The lowest BCUT2D eigenvalue weighted by Gasteiger charge is -2.21. The van der Waals surface area contributed by atoms with Crippen molar-refractivity contribution in [2.75, 3.05) is 20.8 Å². The number of amides is 3. The number of carbonyl (C=O) groups excluding carboxylic acids is 3. The number of methoxy groups -OCH3 is 2. The molecule has 1 heterocycles. The van der Waals surface area contributed by atoms with Gasteiger partial charge in [-0.25, -0.2) is 4.79 Å². The van der Waals surface area contributed by atoms with E-state index in [4.69, 9.17) is 9.47 Å². The molecule has 2 aromatic rings. The van der Waals surface area contributed by atoms with E-state index in [1.54, 1.807) is 19.1 Å². The smallest absolute Gasteiger partial charge is 0.325 e. The zero-order valence-corrected chi connectivity index (χ0v) is 16.7. The molecule has 3 amide bonds. The number of rotatable bonds is 8. The molecule has 1 atom stereocenters. The van der Waals surface area contributed by atoms with Crippen molar-refractivity contribution in [2.24, 2.45) is 0 Å². The highest BCUT2D eigenvalue weighted by molar-refractivity contribution is 6.11. The number of Topliss-reactive ketones (excluding diaryl/α,β-unsaturated/α-hetero) is 1. The van der Waals surface area contributed by atoms with E-state index in [1.165, 1.54) is 20.3 Å². The second-order valence-electron chi connectivity index (χ2n) is 7.13. The van der Waals surface area contributed by atoms with Crippen LogP contribution in [0.15, 0.2) is 48.5 Å². The number of carbonyl (C=O) groups is 3. The Labute approximate surface area is 169 Å². The maximum absolute atomic E-state index is 12.9. The number of ether oxygens (including phenoxy) is 2. The molecule has 0 unspecified atom stereocenters. The number of imide groups is 1. The van der Waals surface area contributed by atoms with Crippen molar-refractivity contribution in [1.82, 2.24) is 10.2 Å². The van der Waals surface area contributed by atoms with E-state index in [1.807, 2.05) is 30.3 Å². The van der Waals surface area contributed by atoms with Crippen molar-refractivity contribution in [3.63, 3.8) is 0 Å². The summed E-state index contributed by atoms with van der Waals surface area (Å²) in [7, 11) is 2.94. The lowest BCUT2D eigenvalue weighted by molar-refractivity contribution is -0.130. The number of benzene rings is 2. The molecule has 0 spiro atoms. The number of nitrogens with zero attached hydrogens (tertiary/aromatic N) is 1. The quantitative estimate of drug-likeness (QED) is 0.548. The normalized spacial score (nSPS) is 18.5. The highest BCUT2D eigenvalue weighted by atomic mass is 16.5. The largest absolute Gasteiger partial charge is 0.497 e. The topological polar surface area (TPSA) is 84.9 Å². The van der Waals surface area contributed by atoms with E-state index in [0.717, 1.165) is 10.5 Å². The van der Waals surface area contributed by atoms with E-state index >= 15 is 0 Å². The molecule has 7 nitrogen and oxygen atoms in total. The molecular weight excluding hydrogens is 372 g/mol. The highest BCUT2D eigenvalue weighted by Crippen LogP contribution is 2.27. The molecule has 3 rings (SSSR count). The zero-order valence-electron chi connectivity index (χ0n) is 16.7. The highest BCUT2D eigenvalue weighted by Gasteiger charge is 2.47. The van der Waals surface area contributed by atoms with Gasteiger partial charge in [0.05, 0.1) is 26.3 Å². The standard InChI is InChI=1S/C22H24N2O5/c1-22(12-11-15-7-5-4-6-8-15)20(26)24(21(27)23-22)14-18(25)17-13-16(28-2)9-10-19(17)29-3/h4-10,13H,11-12,14H2,1-3H3,(H,23,27)/t22-/m1/s1. The number of hydrogen-bond donors (Lipinski definition) is 1. The Morgan fingerprint density at radius 3 is 2.45 bits per heavy atom. The van der Waals surface area contributed by atoms with E-state index in [0.29, 0.717) is 24.3 Å². The fourth-order valence-corrected chi connectivity index (χ4v) is 3.36. The second kappa shape index (κ2) is 8.34. The number of ketones is 1. The van der Waals surface area contributed by atoms with Gasteiger partial charge in [-0.15, -0.1) is 0 Å². The maximum atomic E-state index is 12.9. The molecule has 1 N–H and O–H groups in total. The van der Waals surface area contributed by atoms with Crippen LogP contribution < -0.4 is 14.8 Å². The average molecular weight is 396 g/mol. The number of aryl methyl sites for hydroxylation is 1. The lowest BCUT2D eigenvalue weighted by Crippen LogP contribution is -2.44. The van der Waals surface area contributed by atoms with Crippen LogP contribution in [0.25, 0.3) is 0 Å². The van der Waals surface area contributed by atoms with Crippen LogP contribution in [0.2, 0.25) is 0 Å². The molecule has 0 radical (unpaired) electrons. The predicted octanol–water partition coefficient (Wildman–Crippen LogP) is 2.83. The summed E-state index contributed by atoms with van der Waals surface area (Å²) in [5.41, 5.74) is 0.280. The Morgan fingerprint density at radius 1 is 1.07 bits per heavy atom. The molecule has 1 fully saturated rings. The van der Waals surface area contributed by atoms with Crippen LogP contribution in [0.3, 0.4) is 0 Å². The van der Waals surface area contributed by atoms with Crippen LogP contribution in [0.4, 0.5) is 4.79 Å². The average Bonchev–Trinajstić information content (AvgIpc) is 2.95. The van der Waals surface area contributed by atoms with Crippen molar-refractivity contribution >= 4 is 17.7 Å². The Balaban J connectivity index is 1.74. The lowest BCUT2D eigenvalue weighted by atomic mass is 9.93. The molecule has 0 bridgehead atoms. The van der Waals surface area contributed by atoms with Gasteiger partial charge in [0, 0.05) is 0 Å². The summed E-state index contributed by atoms with van der Waals surface area (Å²) in [5, 5.41) is 2.74. The van der Waals surface area contributed by atoms with Gasteiger partial charge in [-0.2, -0.15) is 0 Å². The van der Waals surface area contributed by atoms with Crippen molar-refractivity contribution in [2.45, 2.75) is 25.3 Å². The van der Waals surface area contributed by atoms with Crippen LogP contribution in [0, 0.1) is 0 Å². The minimum Gasteiger partial charge on any atom is -0.497 e. The second-order valence-corrected chi connectivity index (χ2v) is 7.13. The first-order valence-corrected chi connectivity index (χ1v) is 9.31. The summed E-state index contributed by atoms with van der Waals surface area (Å²) in [6.45, 7) is 1.32. The first-order chi connectivity index (χ1) is 13.9. The number of hydrogen-bond acceptors (Lipinski definition) is 5. The fourth-order valence-electron chi connectivity index (χ4n) is 3.36. The van der Waals surface area contributed by atoms with Gasteiger partial charge in [0.15, 0.2) is 5.78 Å². The van der Waals surface area contributed by atoms with Crippen LogP contribution in [0.1, 0.15) is 29.3 Å². The first-order valence-electron chi connectivity index (χ1n) is 9.31. The first kappa shape index (κ1) is 20.4. The maximum Gasteiger partial charge on any atom is 0.325 e. The summed E-state index contributed by atoms with van der Waals surface area (Å²) < 4.78 is 10.4. The SMILES string of the molecule is COc1ccc(OC)c(C(=O)CN2C(=O)N[C@](C)(CCc3ccccc3)C2=O)c1. The van der Waals surface area contributed by atoms with Gasteiger partial charge in [-0.3, -0.25) is 14.5 Å². The molecule has 152 valence electrons. The van der Waals surface area contributed by atoms with Crippen molar-refractivity contribution in [3.05, 3.63) is 59.7 Å². The van der Waals surface area contributed by atoms with Crippen molar-refractivity contribution in [3.8, 4) is 11.5 Å². The van der Waals surface area contributed by atoms with Gasteiger partial charge in [0.2, 0.25) is 0 Å². The van der Waals surface area contributed by atoms with Crippen LogP contribution in [0.5, 0.6) is 11.5 Å². The Morgan fingerprint density at radius 2 is 1.79 bits per heavy atom. The zero-order chi connectivity index (χ0) is 21.0. The number of nitrogens with one attached hydrogen (secondary N) is 1. The summed E-state index contributed by atoms with van der Waals surface area (Å²) in [6, 6.07) is 14.0. The van der Waals surface area contributed by atoms with E-state index in [9.17, 15) is 14.4 Å². The number of urea groups is 1. The molecular formula is C22H24N2O5. The summed E-state index contributed by atoms with van der Waals surface area (Å²) in [4.78, 5) is 39.2.